The van der Waals surface area contributed by atoms with Crippen molar-refractivity contribution in [2.45, 2.75) is 12.8 Å². The molecule has 6 nitrogen and oxygen atoms in total. The molecule has 6 heteroatoms. The van der Waals surface area contributed by atoms with E-state index in [1.165, 1.54) is 0 Å². The second-order valence-electron chi connectivity index (χ2n) is 3.71. The lowest BCUT2D eigenvalue weighted by Gasteiger charge is -2.04. The SMILES string of the molecule is O=C(CCCO)Nc1ccc2[nH]c(=O)[nH]c2c1. The smallest absolute Gasteiger partial charge is 0.323 e. The van der Waals surface area contributed by atoms with E-state index in [-0.39, 0.29) is 24.6 Å². The number of aromatic amines is 2. The third-order valence-corrected chi connectivity index (χ3v) is 2.36. The number of aliphatic hydroxyl groups excluding tert-OH is 1. The van der Waals surface area contributed by atoms with E-state index >= 15 is 0 Å². The number of aromatic nitrogens is 2. The van der Waals surface area contributed by atoms with Gasteiger partial charge in [0.2, 0.25) is 5.91 Å². The number of aliphatic hydroxyl groups is 1. The first-order valence-electron chi connectivity index (χ1n) is 5.32. The van der Waals surface area contributed by atoms with Gasteiger partial charge < -0.3 is 20.4 Å². The summed E-state index contributed by atoms with van der Waals surface area (Å²) < 4.78 is 0. The molecule has 0 atom stereocenters. The number of benzene rings is 1. The summed E-state index contributed by atoms with van der Waals surface area (Å²) in [6.45, 7) is -0.00240. The fourth-order valence-electron chi connectivity index (χ4n) is 1.57. The summed E-state index contributed by atoms with van der Waals surface area (Å²) in [5.41, 5.74) is 1.69. The standard InChI is InChI=1S/C11H13N3O3/c15-5-1-2-10(16)12-7-3-4-8-9(6-7)14-11(17)13-8/h3-4,6,15H,1-2,5H2,(H,12,16)(H2,13,14,17). The molecule has 0 spiro atoms. The summed E-state index contributed by atoms with van der Waals surface area (Å²) in [7, 11) is 0. The number of fused-ring (bicyclic) bond motifs is 1. The number of nitrogens with one attached hydrogen (secondary N) is 3. The van der Waals surface area contributed by atoms with Crippen LogP contribution in [0, 0.1) is 0 Å². The van der Waals surface area contributed by atoms with Crippen LogP contribution in [-0.2, 0) is 4.79 Å². The highest BCUT2D eigenvalue weighted by Gasteiger charge is 2.03. The van der Waals surface area contributed by atoms with Crippen molar-refractivity contribution in [3.05, 3.63) is 28.7 Å². The Bertz CT molecular complexity index is 585. The van der Waals surface area contributed by atoms with Gasteiger partial charge >= 0.3 is 5.69 Å². The van der Waals surface area contributed by atoms with Crippen LogP contribution in [0.1, 0.15) is 12.8 Å². The Morgan fingerprint density at radius 1 is 1.29 bits per heavy atom. The lowest BCUT2D eigenvalue weighted by Crippen LogP contribution is -2.11. The number of carbonyl (C=O) groups is 1. The largest absolute Gasteiger partial charge is 0.396 e. The lowest BCUT2D eigenvalue weighted by molar-refractivity contribution is -0.116. The van der Waals surface area contributed by atoms with Crippen LogP contribution >= 0.6 is 0 Å². The van der Waals surface area contributed by atoms with E-state index in [2.05, 4.69) is 15.3 Å². The molecule has 2 rings (SSSR count). The molecule has 0 unspecified atom stereocenters. The van der Waals surface area contributed by atoms with Crippen molar-refractivity contribution in [1.82, 2.24) is 9.97 Å². The van der Waals surface area contributed by atoms with Crippen LogP contribution < -0.4 is 11.0 Å². The molecule has 0 aliphatic carbocycles. The molecule has 1 amide bonds. The summed E-state index contributed by atoms with van der Waals surface area (Å²) in [4.78, 5) is 27.7. The molecule has 0 fully saturated rings. The number of H-pyrrole nitrogens is 2. The maximum Gasteiger partial charge on any atom is 0.323 e. The average molecular weight is 235 g/mol. The van der Waals surface area contributed by atoms with E-state index in [9.17, 15) is 9.59 Å². The summed E-state index contributed by atoms with van der Waals surface area (Å²) in [6, 6.07) is 5.11. The molecule has 0 radical (unpaired) electrons. The van der Waals surface area contributed by atoms with Gasteiger partial charge in [-0.15, -0.1) is 0 Å². The van der Waals surface area contributed by atoms with E-state index in [1.807, 2.05) is 0 Å². The minimum Gasteiger partial charge on any atom is -0.396 e. The molecule has 1 aromatic carbocycles. The maximum atomic E-state index is 11.4. The van der Waals surface area contributed by atoms with Gasteiger partial charge in [-0.1, -0.05) is 0 Å². The molecular formula is C11H13N3O3. The Morgan fingerprint density at radius 3 is 2.82 bits per heavy atom. The van der Waals surface area contributed by atoms with Crippen molar-refractivity contribution < 1.29 is 9.90 Å². The molecule has 17 heavy (non-hydrogen) atoms. The van der Waals surface area contributed by atoms with Crippen molar-refractivity contribution in [3.63, 3.8) is 0 Å². The Kier molecular flexibility index (Phi) is 3.24. The van der Waals surface area contributed by atoms with Gasteiger partial charge in [0.15, 0.2) is 0 Å². The van der Waals surface area contributed by atoms with Crippen LogP contribution in [0.15, 0.2) is 23.0 Å². The van der Waals surface area contributed by atoms with Crippen LogP contribution in [0.2, 0.25) is 0 Å². The van der Waals surface area contributed by atoms with Crippen LogP contribution in [0.4, 0.5) is 5.69 Å². The highest BCUT2D eigenvalue weighted by molar-refractivity contribution is 5.92. The zero-order valence-electron chi connectivity index (χ0n) is 9.12. The number of imidazole rings is 1. The molecule has 0 aliphatic rings. The fraction of sp³-hybridized carbons (Fsp3) is 0.273. The highest BCUT2D eigenvalue weighted by atomic mass is 16.3. The van der Waals surface area contributed by atoms with Gasteiger partial charge in [-0.2, -0.15) is 0 Å². The average Bonchev–Trinajstić information content (AvgIpc) is 2.65. The molecule has 0 saturated carbocycles. The highest BCUT2D eigenvalue weighted by Crippen LogP contribution is 2.14. The number of hydrogen-bond donors (Lipinski definition) is 4. The van der Waals surface area contributed by atoms with Crippen molar-refractivity contribution >= 4 is 22.6 Å². The van der Waals surface area contributed by atoms with E-state index in [0.29, 0.717) is 23.1 Å². The molecule has 90 valence electrons. The van der Waals surface area contributed by atoms with Gasteiger partial charge in [0.25, 0.3) is 0 Å². The van der Waals surface area contributed by atoms with E-state index in [0.717, 1.165) is 0 Å². The first kappa shape index (κ1) is 11.4. The zero-order valence-corrected chi connectivity index (χ0v) is 9.12. The Balaban J connectivity index is 2.13. The second-order valence-corrected chi connectivity index (χ2v) is 3.71. The predicted molar refractivity (Wildman–Crippen MR) is 63.9 cm³/mol. The topological polar surface area (TPSA) is 98.0 Å². The summed E-state index contributed by atoms with van der Waals surface area (Å²) >= 11 is 0. The molecule has 1 heterocycles. The fourth-order valence-corrected chi connectivity index (χ4v) is 1.57. The quantitative estimate of drug-likeness (QED) is 0.623. The summed E-state index contributed by atoms with van der Waals surface area (Å²) in [5.74, 6) is -0.156. The minimum atomic E-state index is -0.274. The first-order valence-corrected chi connectivity index (χ1v) is 5.32. The van der Waals surface area contributed by atoms with Gasteiger partial charge in [0.05, 0.1) is 11.0 Å². The number of hydrogen-bond acceptors (Lipinski definition) is 3. The Morgan fingerprint density at radius 2 is 2.06 bits per heavy atom. The van der Waals surface area contributed by atoms with Gasteiger partial charge in [-0.25, -0.2) is 4.79 Å². The number of carbonyl (C=O) groups excluding carboxylic acids is 1. The summed E-state index contributed by atoms with van der Waals surface area (Å²) in [5, 5.41) is 11.3. The van der Waals surface area contributed by atoms with Crippen molar-refractivity contribution in [2.24, 2.45) is 0 Å². The summed E-state index contributed by atoms with van der Waals surface area (Å²) in [6.07, 6.45) is 0.716. The molecule has 4 N–H and O–H groups in total. The molecule has 0 saturated heterocycles. The minimum absolute atomic E-state index is 0.00240. The van der Waals surface area contributed by atoms with Crippen LogP contribution in [-0.4, -0.2) is 27.6 Å². The maximum absolute atomic E-state index is 11.4. The lowest BCUT2D eigenvalue weighted by atomic mass is 10.2. The zero-order chi connectivity index (χ0) is 12.3. The number of rotatable bonds is 4. The monoisotopic (exact) mass is 235 g/mol. The van der Waals surface area contributed by atoms with Crippen molar-refractivity contribution in [3.8, 4) is 0 Å². The van der Waals surface area contributed by atoms with E-state index in [4.69, 9.17) is 5.11 Å². The van der Waals surface area contributed by atoms with Crippen LogP contribution in [0.25, 0.3) is 11.0 Å². The number of amides is 1. The molecular weight excluding hydrogens is 222 g/mol. The predicted octanol–water partition coefficient (Wildman–Crippen LogP) is 0.567. The van der Waals surface area contributed by atoms with Gasteiger partial charge in [-0.3, -0.25) is 4.79 Å². The Hall–Kier alpha value is -2.08. The third kappa shape index (κ3) is 2.73. The van der Waals surface area contributed by atoms with E-state index in [1.54, 1.807) is 18.2 Å². The molecule has 1 aromatic heterocycles. The second kappa shape index (κ2) is 4.84. The Labute approximate surface area is 96.7 Å². The van der Waals surface area contributed by atoms with Crippen molar-refractivity contribution in [1.29, 1.82) is 0 Å². The molecule has 0 bridgehead atoms. The van der Waals surface area contributed by atoms with Gasteiger partial charge in [0, 0.05) is 18.7 Å². The number of anilines is 1. The van der Waals surface area contributed by atoms with Gasteiger partial charge in [0.1, 0.15) is 0 Å². The first-order chi connectivity index (χ1) is 8.19. The van der Waals surface area contributed by atoms with Crippen LogP contribution in [0.5, 0.6) is 0 Å². The van der Waals surface area contributed by atoms with Gasteiger partial charge in [-0.05, 0) is 24.6 Å². The third-order valence-electron chi connectivity index (χ3n) is 2.36. The normalized spacial score (nSPS) is 10.6. The molecule has 2 aromatic rings. The van der Waals surface area contributed by atoms with Crippen molar-refractivity contribution in [2.75, 3.05) is 11.9 Å². The molecule has 0 aliphatic heterocycles. The van der Waals surface area contributed by atoms with Crippen LogP contribution in [0.3, 0.4) is 0 Å². The van der Waals surface area contributed by atoms with E-state index < -0.39 is 0 Å².